The summed E-state index contributed by atoms with van der Waals surface area (Å²) in [6.07, 6.45) is 0. The van der Waals surface area contributed by atoms with Gasteiger partial charge in [-0.25, -0.2) is 0 Å². The molecule has 0 fully saturated rings. The molecular weight excluding hydrogens is 1320 g/mol. The molecule has 0 saturated heterocycles. The fourth-order valence-electron chi connectivity index (χ4n) is 9.51. The second-order valence-corrected chi connectivity index (χ2v) is 30.6. The van der Waals surface area contributed by atoms with Gasteiger partial charge in [0.2, 0.25) is 0 Å². The Bertz CT molecular complexity index is 3120. The molecule has 4 N–H and O–H groups in total. The molecule has 0 aromatic heterocycles. The van der Waals surface area contributed by atoms with Crippen LogP contribution in [0.3, 0.4) is 0 Å². The zero-order valence-electron chi connectivity index (χ0n) is 45.5. The Kier molecular flexibility index (Phi) is 22.9. The van der Waals surface area contributed by atoms with Gasteiger partial charge in [-0.2, -0.15) is 0 Å². The van der Waals surface area contributed by atoms with Crippen molar-refractivity contribution in [3.05, 3.63) is 364 Å². The summed E-state index contributed by atoms with van der Waals surface area (Å²) >= 11 is -2.51. The summed E-state index contributed by atoms with van der Waals surface area (Å²) in [5.74, 6) is 0. The van der Waals surface area contributed by atoms with Crippen LogP contribution < -0.4 is 63.7 Å². The molecule has 0 aliphatic carbocycles. The summed E-state index contributed by atoms with van der Waals surface area (Å²) in [6, 6.07) is 119. The van der Waals surface area contributed by atoms with Crippen LogP contribution in [-0.4, -0.2) is 18.3 Å². The van der Waals surface area contributed by atoms with E-state index in [0.717, 1.165) is 63.7 Å². The topological polar surface area (TPSA) is 120 Å². The molecule has 0 unspecified atom stereocenters. The molecule has 406 valence electrons. The number of hydrogen-bond acceptors (Lipinski definition) is 2. The normalized spacial score (nSPS) is 10.9. The zero-order valence-corrected chi connectivity index (χ0v) is 53.3. The molecule has 12 rings (SSSR count). The fourth-order valence-corrected chi connectivity index (χ4v) is 20.3. The molecule has 6 nitrogen and oxygen atoms in total. The van der Waals surface area contributed by atoms with E-state index >= 15 is 0 Å². The van der Waals surface area contributed by atoms with Gasteiger partial charge in [0, 0.05) is 0 Å². The number of benzene rings is 12. The Balaban J connectivity index is 0.000000142. The Morgan fingerprint density at radius 1 is 0.157 bits per heavy atom. The van der Waals surface area contributed by atoms with Crippen LogP contribution in [0.1, 0.15) is 0 Å². The maximum atomic E-state index is 11.5. The van der Waals surface area contributed by atoms with E-state index in [-0.39, 0.29) is 0 Å². The van der Waals surface area contributed by atoms with E-state index < -0.39 is 56.4 Å². The third-order valence-electron chi connectivity index (χ3n) is 13.6. The molecule has 0 saturated carbocycles. The van der Waals surface area contributed by atoms with Crippen LogP contribution in [0.4, 0.5) is 0 Å². The zero-order chi connectivity index (χ0) is 58.1. The first-order chi connectivity index (χ1) is 40.7. The minimum absolute atomic E-state index is 0.984. The standard InChI is InChI=1S/4C18H15OP.2O.U/c4*19-20(16-10-4-1-5-11-16,17-12-6-2-7-13-17)18-14-8-3-9-15-18;;;/h4*1-15H;;;/q;;;;;;+2/p+4. The summed E-state index contributed by atoms with van der Waals surface area (Å²) in [6.45, 7) is 0. The summed E-state index contributed by atoms with van der Waals surface area (Å²) < 4.78 is 63.3. The van der Waals surface area contributed by atoms with Crippen molar-refractivity contribution in [2.75, 3.05) is 0 Å². The summed E-state index contributed by atoms with van der Waals surface area (Å²) in [5, 5.41) is 11.8. The molecule has 11 heteroatoms. The molecule has 0 bridgehead atoms. The van der Waals surface area contributed by atoms with E-state index in [1.807, 2.05) is 364 Å². The van der Waals surface area contributed by atoms with Crippen LogP contribution in [0.2, 0.25) is 0 Å². The van der Waals surface area contributed by atoms with E-state index in [2.05, 4.69) is 0 Å². The predicted octanol–water partition coefficient (Wildman–Crippen LogP) is 12.8. The molecule has 12 aromatic carbocycles. The molecule has 0 spiro atoms. The average Bonchev–Trinajstić information content (AvgIpc) is 3.69. The Morgan fingerprint density at radius 2 is 0.217 bits per heavy atom. The van der Waals surface area contributed by atoms with Gasteiger partial charge in [-0.1, -0.05) is 218 Å². The van der Waals surface area contributed by atoms with Crippen LogP contribution in [0.5, 0.6) is 0 Å². The second-order valence-electron chi connectivity index (χ2n) is 18.7. The molecule has 12 aromatic rings. The Hall–Kier alpha value is -7.79. The van der Waals surface area contributed by atoms with Crippen LogP contribution >= 0.6 is 28.6 Å². The molecule has 0 radical (unpaired) electrons. The molecule has 0 atom stereocenters. The third kappa shape index (κ3) is 15.1. The first kappa shape index (κ1) is 61.3. The van der Waals surface area contributed by atoms with E-state index in [1.165, 1.54) is 0 Å². The summed E-state index contributed by atoms with van der Waals surface area (Å²) in [7, 11) is -10.1. The first-order valence-corrected chi connectivity index (χ1v) is 37.2. The molecule has 0 heterocycles. The monoisotopic (exact) mass is 1390 g/mol. The van der Waals surface area contributed by atoms with Gasteiger partial charge in [0.1, 0.15) is 0 Å². The van der Waals surface area contributed by atoms with E-state index in [4.69, 9.17) is 4.47 Å². The first-order valence-electron chi connectivity index (χ1n) is 26.8. The Labute approximate surface area is 502 Å². The molecule has 0 aliphatic rings. The van der Waals surface area contributed by atoms with Crippen molar-refractivity contribution in [3.63, 3.8) is 0 Å². The van der Waals surface area contributed by atoms with Crippen LogP contribution in [-0.2, 0) is 4.47 Å². The van der Waals surface area contributed by atoms with Gasteiger partial charge >= 0.3 is 60.9 Å². The van der Waals surface area contributed by atoms with Crippen molar-refractivity contribution in [1.29, 1.82) is 0 Å². The summed E-state index contributed by atoms with van der Waals surface area (Å²) in [4.78, 5) is 0. The van der Waals surface area contributed by atoms with Gasteiger partial charge in [0.25, 0.3) is 0 Å². The second kappa shape index (κ2) is 31.0. The quantitative estimate of drug-likeness (QED) is 0.0894. The van der Waals surface area contributed by atoms with Crippen molar-refractivity contribution in [2.45, 2.75) is 0 Å². The maximum absolute atomic E-state index is 11.5. The van der Waals surface area contributed by atoms with Crippen molar-refractivity contribution in [3.8, 4) is 0 Å². The predicted molar refractivity (Wildman–Crippen MR) is 350 cm³/mol. The molecule has 0 amide bonds. The van der Waals surface area contributed by atoms with E-state index in [1.54, 1.807) is 0 Å². The van der Waals surface area contributed by atoms with Gasteiger partial charge in [0.15, 0.2) is 0 Å². The van der Waals surface area contributed by atoms with Crippen molar-refractivity contribution >= 4 is 92.2 Å². The number of rotatable bonds is 12. The fraction of sp³-hybridized carbons (Fsp3) is 0. The van der Waals surface area contributed by atoms with Crippen LogP contribution in [0, 0.1) is 27.8 Å². The van der Waals surface area contributed by atoms with Crippen molar-refractivity contribution in [1.82, 2.24) is 0 Å². The van der Waals surface area contributed by atoms with Gasteiger partial charge in [0.05, 0.1) is 63.7 Å². The third-order valence-corrected chi connectivity index (χ3v) is 26.1. The average molecular weight is 1390 g/mol. The van der Waals surface area contributed by atoms with E-state index in [0.29, 0.717) is 0 Å². The summed E-state index contributed by atoms with van der Waals surface area (Å²) in [5.41, 5.74) is 0. The van der Waals surface area contributed by atoms with Crippen molar-refractivity contribution < 1.29 is 50.5 Å². The molecule has 0 aliphatic heterocycles. The van der Waals surface area contributed by atoms with Crippen LogP contribution in [0.25, 0.3) is 0 Å². The minimum atomic E-state index is -2.53. The van der Waals surface area contributed by atoms with E-state index in [9.17, 15) is 18.3 Å². The van der Waals surface area contributed by atoms with Gasteiger partial charge in [-0.05, 0) is 146 Å². The molecule has 83 heavy (non-hydrogen) atoms. The number of hydrogen-bond donors (Lipinski definition) is 0. The van der Waals surface area contributed by atoms with Gasteiger partial charge in [-0.15, -0.1) is 0 Å². The Morgan fingerprint density at radius 3 is 0.277 bits per heavy atom. The molecular formula is C72H64O6P4U+6. The van der Waals surface area contributed by atoms with Crippen molar-refractivity contribution in [2.24, 2.45) is 0 Å². The SMILES string of the molecule is [OH+]=P(c1ccccc1)(c1ccccc1)c1ccccc1.[OH+]=P(c1ccccc1)(c1ccccc1)c1ccccc1.[OH+]=P(c1ccccc1)(c1ccccc1)c1ccccc1.[OH+]=P(c1ccccc1)(c1ccccc1)c1ccccc1.[O]=[U+2]=[O]. The van der Waals surface area contributed by atoms with Gasteiger partial charge in [-0.3, -0.25) is 0 Å². The van der Waals surface area contributed by atoms with Crippen LogP contribution in [0.15, 0.2) is 364 Å². The van der Waals surface area contributed by atoms with Gasteiger partial charge < -0.3 is 18.3 Å².